The number of nitrogens with one attached hydrogen (secondary N) is 1. The molecular formula is C6H7FN2O3S. The predicted octanol–water partition coefficient (Wildman–Crippen LogP) is 0.0604. The number of halogens is 1. The number of nitrogens with zero attached hydrogens (tertiary/aromatic N) is 1. The fraction of sp³-hybridized carbons (Fsp3) is 0.167. The molecule has 0 aliphatic rings. The van der Waals surface area contributed by atoms with E-state index >= 15 is 0 Å². The van der Waals surface area contributed by atoms with Crippen LogP contribution in [0, 0.1) is 5.82 Å². The van der Waals surface area contributed by atoms with Gasteiger partial charge in [-0.1, -0.05) is 4.89 Å². The number of pyridine rings is 1. The summed E-state index contributed by atoms with van der Waals surface area (Å²) in [5.74, 6) is -0.924. The number of sulfonamides is 1. The fourth-order valence-electron chi connectivity index (χ4n) is 0.718. The molecule has 1 aromatic rings. The topological polar surface area (TPSA) is 68.3 Å². The van der Waals surface area contributed by atoms with Crippen molar-refractivity contribution in [1.82, 2.24) is 9.87 Å². The fourth-order valence-corrected chi connectivity index (χ4v) is 1.54. The Morgan fingerprint density at radius 3 is 2.85 bits per heavy atom. The molecule has 5 nitrogen and oxygen atoms in total. The first-order valence-corrected chi connectivity index (χ1v) is 4.71. The van der Waals surface area contributed by atoms with Crippen LogP contribution < -0.4 is 4.89 Å². The first kappa shape index (κ1) is 10.0. The maximum atomic E-state index is 12.9. The van der Waals surface area contributed by atoms with Gasteiger partial charge in [0.15, 0.2) is 5.82 Å². The largest absolute Gasteiger partial charge is 0.290 e. The molecule has 13 heavy (non-hydrogen) atoms. The van der Waals surface area contributed by atoms with Gasteiger partial charge < -0.3 is 0 Å². The lowest BCUT2D eigenvalue weighted by Gasteiger charge is -2.02. The van der Waals surface area contributed by atoms with Crippen LogP contribution in [0.3, 0.4) is 0 Å². The Morgan fingerprint density at radius 2 is 2.31 bits per heavy atom. The molecule has 0 aromatic carbocycles. The summed E-state index contributed by atoms with van der Waals surface area (Å²) in [4.78, 5) is 9.18. The average Bonchev–Trinajstić information content (AvgIpc) is 2.04. The highest BCUT2D eigenvalue weighted by molar-refractivity contribution is 7.89. The number of hydrogen-bond acceptors (Lipinski definition) is 4. The summed E-state index contributed by atoms with van der Waals surface area (Å²) in [5.41, 5.74) is 0. The van der Waals surface area contributed by atoms with Crippen molar-refractivity contribution in [3.05, 3.63) is 24.1 Å². The van der Waals surface area contributed by atoms with E-state index in [0.29, 0.717) is 0 Å². The Morgan fingerprint density at radius 1 is 1.62 bits per heavy atom. The highest BCUT2D eigenvalue weighted by Crippen LogP contribution is 2.08. The molecule has 72 valence electrons. The molecule has 0 amide bonds. The van der Waals surface area contributed by atoms with Gasteiger partial charge in [0.05, 0.1) is 7.11 Å². The number of rotatable bonds is 3. The van der Waals surface area contributed by atoms with Gasteiger partial charge in [-0.15, -0.1) is 0 Å². The maximum Gasteiger partial charge on any atom is 0.282 e. The van der Waals surface area contributed by atoms with Crippen molar-refractivity contribution in [2.75, 3.05) is 7.11 Å². The highest BCUT2D eigenvalue weighted by atomic mass is 32.2. The highest BCUT2D eigenvalue weighted by Gasteiger charge is 2.19. The van der Waals surface area contributed by atoms with Crippen molar-refractivity contribution in [1.29, 1.82) is 0 Å². The molecule has 1 N–H and O–H groups in total. The normalized spacial score (nSPS) is 11.5. The second kappa shape index (κ2) is 3.77. The van der Waals surface area contributed by atoms with E-state index in [1.165, 1.54) is 12.3 Å². The van der Waals surface area contributed by atoms with E-state index < -0.39 is 20.9 Å². The van der Waals surface area contributed by atoms with Crippen molar-refractivity contribution in [3.63, 3.8) is 0 Å². The summed E-state index contributed by atoms with van der Waals surface area (Å²) in [6.07, 6.45) is 1.17. The summed E-state index contributed by atoms with van der Waals surface area (Å²) < 4.78 is 35.1. The molecular weight excluding hydrogens is 199 g/mol. The molecule has 0 atom stereocenters. The summed E-state index contributed by atoms with van der Waals surface area (Å²) >= 11 is 0. The SMILES string of the molecule is CONS(=O)(=O)c1ncccc1F. The van der Waals surface area contributed by atoms with Gasteiger partial charge in [0.1, 0.15) is 0 Å². The van der Waals surface area contributed by atoms with E-state index in [1.807, 2.05) is 0 Å². The Hall–Kier alpha value is -1.05. The minimum Gasteiger partial charge on any atom is -0.290 e. The molecule has 0 aliphatic heterocycles. The monoisotopic (exact) mass is 206 g/mol. The third kappa shape index (κ3) is 2.20. The first-order chi connectivity index (χ1) is 6.08. The van der Waals surface area contributed by atoms with Crippen LogP contribution in [0.15, 0.2) is 23.4 Å². The molecule has 0 unspecified atom stereocenters. The van der Waals surface area contributed by atoms with Crippen LogP contribution in [0.4, 0.5) is 4.39 Å². The van der Waals surface area contributed by atoms with Gasteiger partial charge in [-0.05, 0) is 12.1 Å². The number of hydrogen-bond donors (Lipinski definition) is 1. The second-order valence-corrected chi connectivity index (χ2v) is 3.64. The average molecular weight is 206 g/mol. The number of aromatic nitrogens is 1. The zero-order valence-electron chi connectivity index (χ0n) is 6.69. The zero-order valence-corrected chi connectivity index (χ0v) is 7.51. The molecule has 7 heteroatoms. The minimum atomic E-state index is -4.00. The lowest BCUT2D eigenvalue weighted by Crippen LogP contribution is -2.24. The quantitative estimate of drug-likeness (QED) is 0.710. The Kier molecular flexibility index (Phi) is 2.91. The molecule has 0 radical (unpaired) electrons. The molecule has 1 aromatic heterocycles. The third-order valence-corrected chi connectivity index (χ3v) is 2.37. The molecule has 0 spiro atoms. The standard InChI is InChI=1S/C6H7FN2O3S/c1-12-9-13(10,11)6-5(7)3-2-4-8-6/h2-4,9H,1H3. The van der Waals surface area contributed by atoms with Crippen molar-refractivity contribution >= 4 is 10.0 Å². The van der Waals surface area contributed by atoms with Gasteiger partial charge in [0.2, 0.25) is 5.03 Å². The van der Waals surface area contributed by atoms with Gasteiger partial charge in [0.25, 0.3) is 10.0 Å². The predicted molar refractivity (Wildman–Crippen MR) is 41.5 cm³/mol. The van der Waals surface area contributed by atoms with Gasteiger partial charge in [-0.25, -0.2) is 17.8 Å². The Labute approximate surface area is 74.6 Å². The Bertz CT molecular complexity index is 393. The second-order valence-electron chi connectivity index (χ2n) is 2.08. The van der Waals surface area contributed by atoms with Gasteiger partial charge in [-0.3, -0.25) is 4.84 Å². The van der Waals surface area contributed by atoms with Crippen molar-refractivity contribution in [2.45, 2.75) is 5.03 Å². The third-order valence-electron chi connectivity index (χ3n) is 1.17. The molecule has 1 heterocycles. The van der Waals surface area contributed by atoms with Crippen LogP contribution in [-0.4, -0.2) is 20.5 Å². The van der Waals surface area contributed by atoms with Gasteiger partial charge in [0, 0.05) is 6.20 Å². The molecule has 0 saturated carbocycles. The maximum absolute atomic E-state index is 12.9. The van der Waals surface area contributed by atoms with Gasteiger partial charge >= 0.3 is 0 Å². The molecule has 1 rings (SSSR count). The van der Waals surface area contributed by atoms with Crippen LogP contribution in [0.5, 0.6) is 0 Å². The zero-order chi connectivity index (χ0) is 9.90. The van der Waals surface area contributed by atoms with Crippen LogP contribution in [0.1, 0.15) is 0 Å². The van der Waals surface area contributed by atoms with Crippen molar-refractivity contribution in [3.8, 4) is 0 Å². The van der Waals surface area contributed by atoms with Crippen molar-refractivity contribution in [2.24, 2.45) is 0 Å². The van der Waals surface area contributed by atoms with E-state index in [-0.39, 0.29) is 0 Å². The lowest BCUT2D eigenvalue weighted by molar-refractivity contribution is 0.152. The molecule has 0 bridgehead atoms. The van der Waals surface area contributed by atoms with Crippen LogP contribution in [-0.2, 0) is 14.9 Å². The summed E-state index contributed by atoms with van der Waals surface area (Å²) in [5, 5.41) is -0.683. The molecule has 0 saturated heterocycles. The molecule has 0 aliphatic carbocycles. The van der Waals surface area contributed by atoms with Crippen molar-refractivity contribution < 1.29 is 17.6 Å². The van der Waals surface area contributed by atoms with Gasteiger partial charge in [-0.2, -0.15) is 0 Å². The summed E-state index contributed by atoms with van der Waals surface area (Å²) in [6.45, 7) is 0. The van der Waals surface area contributed by atoms with E-state index in [4.69, 9.17) is 0 Å². The van der Waals surface area contributed by atoms with Crippen LogP contribution >= 0.6 is 0 Å². The molecule has 0 fully saturated rings. The van der Waals surface area contributed by atoms with E-state index in [9.17, 15) is 12.8 Å². The van der Waals surface area contributed by atoms with E-state index in [1.54, 1.807) is 4.89 Å². The first-order valence-electron chi connectivity index (χ1n) is 3.23. The smallest absolute Gasteiger partial charge is 0.282 e. The van der Waals surface area contributed by atoms with E-state index in [0.717, 1.165) is 13.2 Å². The minimum absolute atomic E-state index is 0.683. The van der Waals surface area contributed by atoms with Crippen LogP contribution in [0.2, 0.25) is 0 Å². The lowest BCUT2D eigenvalue weighted by atomic mass is 10.5. The van der Waals surface area contributed by atoms with E-state index in [2.05, 4.69) is 9.82 Å². The summed E-state index contributed by atoms with van der Waals surface area (Å²) in [7, 11) is -2.89. The van der Waals surface area contributed by atoms with Crippen LogP contribution in [0.25, 0.3) is 0 Å². The Balaban J connectivity index is 3.15. The summed E-state index contributed by atoms with van der Waals surface area (Å²) in [6, 6.07) is 2.29.